The predicted molar refractivity (Wildman–Crippen MR) is 132 cm³/mol. The number of thiophene rings is 1. The molecule has 1 heteroatoms. The molecule has 0 aromatic carbocycles. The van der Waals surface area contributed by atoms with E-state index in [1.165, 1.54) is 85.1 Å². The fraction of sp³-hybridized carbons (Fsp3) is 0.571. The monoisotopic (exact) mass is 408 g/mol. The van der Waals surface area contributed by atoms with Crippen molar-refractivity contribution < 1.29 is 0 Å². The Kier molecular flexibility index (Phi) is 8.60. The van der Waals surface area contributed by atoms with Crippen LogP contribution in [0.3, 0.4) is 0 Å². The third-order valence-electron chi connectivity index (χ3n) is 6.52. The Morgan fingerprint density at radius 1 is 0.655 bits per heavy atom. The number of unbranched alkanes of at least 4 members (excludes halogenated alkanes) is 6. The second-order valence-electron chi connectivity index (χ2n) is 9.05. The molecule has 2 atom stereocenters. The second-order valence-corrected chi connectivity index (χ2v) is 10.1. The molecule has 0 saturated heterocycles. The summed E-state index contributed by atoms with van der Waals surface area (Å²) >= 11 is 1.97. The van der Waals surface area contributed by atoms with Crippen LogP contribution in [0.4, 0.5) is 0 Å². The van der Waals surface area contributed by atoms with Gasteiger partial charge in [-0.1, -0.05) is 102 Å². The molecule has 1 aromatic rings. The van der Waals surface area contributed by atoms with Crippen molar-refractivity contribution in [2.75, 3.05) is 0 Å². The Balaban J connectivity index is 1.61. The average molecular weight is 409 g/mol. The first-order valence-electron chi connectivity index (χ1n) is 12.1. The van der Waals surface area contributed by atoms with E-state index in [4.69, 9.17) is 0 Å². The molecule has 0 spiro atoms. The van der Waals surface area contributed by atoms with Gasteiger partial charge in [0.15, 0.2) is 0 Å². The molecule has 0 bridgehead atoms. The lowest BCUT2D eigenvalue weighted by Gasteiger charge is -2.07. The van der Waals surface area contributed by atoms with E-state index in [1.807, 2.05) is 11.3 Å². The highest BCUT2D eigenvalue weighted by Gasteiger charge is 2.19. The van der Waals surface area contributed by atoms with E-state index in [9.17, 15) is 0 Å². The van der Waals surface area contributed by atoms with E-state index in [-0.39, 0.29) is 0 Å². The van der Waals surface area contributed by atoms with Crippen molar-refractivity contribution in [2.24, 2.45) is 11.8 Å². The summed E-state index contributed by atoms with van der Waals surface area (Å²) in [6.45, 7) is 9.30. The molecule has 2 unspecified atom stereocenters. The lowest BCUT2D eigenvalue weighted by atomic mass is 9.99. The topological polar surface area (TPSA) is 0 Å². The smallest absolute Gasteiger partial charge is 0.0346 e. The van der Waals surface area contributed by atoms with Crippen molar-refractivity contribution in [1.82, 2.24) is 0 Å². The van der Waals surface area contributed by atoms with E-state index in [2.05, 4.69) is 64.1 Å². The highest BCUT2D eigenvalue weighted by atomic mass is 32.1. The zero-order chi connectivity index (χ0) is 20.6. The standard InChI is InChI=1S/C28H40S/c1-5-7-9-11-13-23-19-25(17-21(23)3)27-15-16-28(29-27)26-18-22(4)24(20-26)14-12-10-8-6-2/h15-22H,5-14H2,1-4H3. The van der Waals surface area contributed by atoms with Crippen molar-refractivity contribution in [3.05, 3.63) is 57.3 Å². The van der Waals surface area contributed by atoms with Gasteiger partial charge in [-0.15, -0.1) is 11.3 Å². The molecule has 0 aliphatic heterocycles. The van der Waals surface area contributed by atoms with Crippen LogP contribution in [0.5, 0.6) is 0 Å². The Morgan fingerprint density at radius 3 is 1.52 bits per heavy atom. The van der Waals surface area contributed by atoms with Crippen LogP contribution in [0, 0.1) is 11.8 Å². The van der Waals surface area contributed by atoms with Crippen LogP contribution in [0.2, 0.25) is 0 Å². The van der Waals surface area contributed by atoms with Gasteiger partial charge in [0.2, 0.25) is 0 Å². The highest BCUT2D eigenvalue weighted by Crippen LogP contribution is 2.40. The molecule has 0 radical (unpaired) electrons. The summed E-state index contributed by atoms with van der Waals surface area (Å²) in [4.78, 5) is 2.88. The summed E-state index contributed by atoms with van der Waals surface area (Å²) in [6.07, 6.45) is 23.3. The molecule has 0 fully saturated rings. The number of allylic oxidation sites excluding steroid dienone is 8. The molecule has 1 heterocycles. The van der Waals surface area contributed by atoms with Gasteiger partial charge >= 0.3 is 0 Å². The first kappa shape index (κ1) is 22.3. The van der Waals surface area contributed by atoms with Gasteiger partial charge < -0.3 is 0 Å². The zero-order valence-corrected chi connectivity index (χ0v) is 19.9. The summed E-state index contributed by atoms with van der Waals surface area (Å²) in [5, 5.41) is 0. The summed E-state index contributed by atoms with van der Waals surface area (Å²) in [5.74, 6) is 1.22. The molecule has 2 aliphatic carbocycles. The van der Waals surface area contributed by atoms with Crippen LogP contribution in [0.1, 0.15) is 102 Å². The molecule has 158 valence electrons. The Bertz CT molecular complexity index is 718. The van der Waals surface area contributed by atoms with E-state index < -0.39 is 0 Å². The molecule has 0 amide bonds. The highest BCUT2D eigenvalue weighted by molar-refractivity contribution is 7.14. The minimum atomic E-state index is 0.609. The van der Waals surface area contributed by atoms with Crippen LogP contribution in [0.15, 0.2) is 47.6 Å². The third kappa shape index (κ3) is 6.07. The van der Waals surface area contributed by atoms with Gasteiger partial charge in [0, 0.05) is 9.75 Å². The molecule has 3 rings (SSSR count). The third-order valence-corrected chi connectivity index (χ3v) is 7.71. The van der Waals surface area contributed by atoms with Crippen LogP contribution in [-0.4, -0.2) is 0 Å². The van der Waals surface area contributed by atoms with Gasteiger partial charge in [0.25, 0.3) is 0 Å². The average Bonchev–Trinajstić information content (AvgIpc) is 3.42. The van der Waals surface area contributed by atoms with Crippen LogP contribution in [-0.2, 0) is 0 Å². The molecular weight excluding hydrogens is 368 g/mol. The number of hydrogen-bond donors (Lipinski definition) is 0. The zero-order valence-electron chi connectivity index (χ0n) is 19.1. The minimum absolute atomic E-state index is 0.609. The van der Waals surface area contributed by atoms with Gasteiger partial charge in [-0.25, -0.2) is 0 Å². The summed E-state index contributed by atoms with van der Waals surface area (Å²) in [5.41, 5.74) is 6.17. The van der Waals surface area contributed by atoms with Crippen LogP contribution >= 0.6 is 11.3 Å². The van der Waals surface area contributed by atoms with Gasteiger partial charge in [-0.2, -0.15) is 0 Å². The van der Waals surface area contributed by atoms with Crippen molar-refractivity contribution in [3.63, 3.8) is 0 Å². The van der Waals surface area contributed by atoms with Crippen molar-refractivity contribution in [3.8, 4) is 0 Å². The Hall–Kier alpha value is -1.34. The summed E-state index contributed by atoms with van der Waals surface area (Å²) in [6, 6.07) is 4.68. The van der Waals surface area contributed by atoms with Crippen LogP contribution in [0.25, 0.3) is 11.1 Å². The molecule has 0 saturated carbocycles. The minimum Gasteiger partial charge on any atom is -0.135 e. The molecular formula is C28H40S. The first-order chi connectivity index (χ1) is 14.1. The summed E-state index contributed by atoms with van der Waals surface area (Å²) < 4.78 is 0. The van der Waals surface area contributed by atoms with Crippen molar-refractivity contribution >= 4 is 22.5 Å². The maximum atomic E-state index is 2.48. The maximum absolute atomic E-state index is 2.48. The quantitative estimate of drug-likeness (QED) is 0.302. The van der Waals surface area contributed by atoms with Crippen molar-refractivity contribution in [1.29, 1.82) is 0 Å². The number of hydrogen-bond acceptors (Lipinski definition) is 1. The maximum Gasteiger partial charge on any atom is 0.0346 e. The van der Waals surface area contributed by atoms with Gasteiger partial charge in [-0.05, 0) is 60.8 Å². The molecule has 29 heavy (non-hydrogen) atoms. The lowest BCUT2D eigenvalue weighted by molar-refractivity contribution is 0.644. The van der Waals surface area contributed by atoms with E-state index in [0.717, 1.165) is 0 Å². The Morgan fingerprint density at radius 2 is 1.10 bits per heavy atom. The molecule has 0 nitrogen and oxygen atoms in total. The van der Waals surface area contributed by atoms with Gasteiger partial charge in [0.05, 0.1) is 0 Å². The summed E-state index contributed by atoms with van der Waals surface area (Å²) in [7, 11) is 0. The Labute approximate surface area is 183 Å². The van der Waals surface area contributed by atoms with Crippen LogP contribution < -0.4 is 0 Å². The first-order valence-corrected chi connectivity index (χ1v) is 12.9. The van der Waals surface area contributed by atoms with Gasteiger partial charge in [0.1, 0.15) is 0 Å². The van der Waals surface area contributed by atoms with E-state index >= 15 is 0 Å². The van der Waals surface area contributed by atoms with Gasteiger partial charge in [-0.3, -0.25) is 0 Å². The molecule has 0 N–H and O–H groups in total. The SMILES string of the molecule is CCCCCCC1=CC(c2ccc(C3=CC(C)C(CCCCCC)=C3)s2)=CC1C. The lowest BCUT2D eigenvalue weighted by Crippen LogP contribution is -1.91. The largest absolute Gasteiger partial charge is 0.135 e. The number of rotatable bonds is 12. The molecule has 2 aliphatic rings. The fourth-order valence-corrected chi connectivity index (χ4v) is 5.58. The van der Waals surface area contributed by atoms with E-state index in [0.29, 0.717) is 11.8 Å². The second kappa shape index (κ2) is 11.2. The molecule has 1 aromatic heterocycles. The predicted octanol–water partition coefficient (Wildman–Crippen LogP) is 9.61. The fourth-order valence-electron chi connectivity index (χ4n) is 4.58. The van der Waals surface area contributed by atoms with E-state index in [1.54, 1.807) is 11.1 Å². The normalized spacial score (nSPS) is 21.2. The van der Waals surface area contributed by atoms with Crippen molar-refractivity contribution in [2.45, 2.75) is 91.9 Å².